The Kier molecular flexibility index (Phi) is 2.68. The number of phenols is 2. The maximum atomic E-state index is 10.7. The summed E-state index contributed by atoms with van der Waals surface area (Å²) in [6, 6.07) is 2.43. The summed E-state index contributed by atoms with van der Waals surface area (Å²) in [6.45, 7) is 1.81. The van der Waals surface area contributed by atoms with E-state index in [9.17, 15) is 20.3 Å². The first-order chi connectivity index (χ1) is 7.99. The van der Waals surface area contributed by atoms with Gasteiger partial charge in [0.15, 0.2) is 5.75 Å². The maximum absolute atomic E-state index is 10.7. The van der Waals surface area contributed by atoms with Gasteiger partial charge in [-0.05, 0) is 13.0 Å². The van der Waals surface area contributed by atoms with E-state index in [1.807, 2.05) is 6.92 Å². The number of nitro groups is 1. The molecule has 2 N–H and O–H groups in total. The monoisotopic (exact) mass is 252 g/mol. The lowest BCUT2D eigenvalue weighted by Gasteiger charge is -2.02. The van der Waals surface area contributed by atoms with Crippen molar-refractivity contribution in [1.29, 1.82) is 0 Å². The van der Waals surface area contributed by atoms with Crippen LogP contribution in [0.5, 0.6) is 11.5 Å². The van der Waals surface area contributed by atoms with Crippen LogP contribution in [0, 0.1) is 17.0 Å². The van der Waals surface area contributed by atoms with E-state index in [0.29, 0.717) is 11.3 Å². The quantitative estimate of drug-likeness (QED) is 0.486. The number of hydrogen-bond acceptors (Lipinski definition) is 6. The Hall–Kier alpha value is -2.15. The van der Waals surface area contributed by atoms with E-state index in [-0.39, 0.29) is 0 Å². The molecule has 0 spiro atoms. The molecule has 1 aromatic heterocycles. The molecule has 7 heteroatoms. The summed E-state index contributed by atoms with van der Waals surface area (Å²) in [5.74, 6) is -1.26. The molecule has 0 unspecified atom stereocenters. The summed E-state index contributed by atoms with van der Waals surface area (Å²) in [5, 5.41) is 32.0. The molecule has 0 aliphatic carbocycles. The highest BCUT2D eigenvalue weighted by Gasteiger charge is 2.20. The topological polar surface area (TPSA) is 96.5 Å². The third-order valence-corrected chi connectivity index (χ3v) is 2.95. The van der Waals surface area contributed by atoms with E-state index in [1.165, 1.54) is 23.5 Å². The van der Waals surface area contributed by atoms with E-state index in [4.69, 9.17) is 0 Å². The van der Waals surface area contributed by atoms with Gasteiger partial charge in [0.25, 0.3) is 0 Å². The van der Waals surface area contributed by atoms with Crippen molar-refractivity contribution in [2.45, 2.75) is 6.92 Å². The third kappa shape index (κ3) is 2.04. The van der Waals surface area contributed by atoms with Crippen LogP contribution in [-0.4, -0.2) is 20.1 Å². The van der Waals surface area contributed by atoms with Gasteiger partial charge in [-0.25, -0.2) is 4.98 Å². The lowest BCUT2D eigenvalue weighted by atomic mass is 10.1. The number of benzene rings is 1. The number of rotatable bonds is 2. The van der Waals surface area contributed by atoms with Crippen LogP contribution in [0.15, 0.2) is 17.5 Å². The van der Waals surface area contributed by atoms with Gasteiger partial charge in [0.05, 0.1) is 15.6 Å². The summed E-state index contributed by atoms with van der Waals surface area (Å²) in [4.78, 5) is 14.1. The number of aromatic hydroxyl groups is 2. The fraction of sp³-hybridized carbons (Fsp3) is 0.100. The van der Waals surface area contributed by atoms with E-state index in [1.54, 1.807) is 5.38 Å². The molecule has 0 aliphatic rings. The van der Waals surface area contributed by atoms with Crippen LogP contribution < -0.4 is 0 Å². The first kappa shape index (κ1) is 11.3. The molecule has 0 atom stereocenters. The Labute approximate surface area is 100.0 Å². The highest BCUT2D eigenvalue weighted by molar-refractivity contribution is 7.09. The van der Waals surface area contributed by atoms with Gasteiger partial charge in [0.2, 0.25) is 5.75 Å². The Morgan fingerprint density at radius 2 is 2.12 bits per heavy atom. The molecule has 0 fully saturated rings. The second-order valence-corrected chi connectivity index (χ2v) is 4.43. The van der Waals surface area contributed by atoms with Crippen molar-refractivity contribution in [3.05, 3.63) is 32.6 Å². The summed E-state index contributed by atoms with van der Waals surface area (Å²) in [7, 11) is 0. The van der Waals surface area contributed by atoms with Crippen LogP contribution in [0.2, 0.25) is 0 Å². The van der Waals surface area contributed by atoms with E-state index in [0.717, 1.165) is 5.01 Å². The molecule has 0 aliphatic heterocycles. The summed E-state index contributed by atoms with van der Waals surface area (Å²) < 4.78 is 0. The fourth-order valence-corrected chi connectivity index (χ4v) is 2.01. The van der Waals surface area contributed by atoms with Crippen molar-refractivity contribution < 1.29 is 15.1 Å². The molecule has 0 saturated heterocycles. The molecule has 6 nitrogen and oxygen atoms in total. The average Bonchev–Trinajstić information content (AvgIpc) is 2.68. The van der Waals surface area contributed by atoms with Crippen molar-refractivity contribution in [3.63, 3.8) is 0 Å². The lowest BCUT2D eigenvalue weighted by Crippen LogP contribution is -1.90. The van der Waals surface area contributed by atoms with Gasteiger partial charge in [-0.1, -0.05) is 0 Å². The van der Waals surface area contributed by atoms with Gasteiger partial charge in [-0.2, -0.15) is 0 Å². The lowest BCUT2D eigenvalue weighted by molar-refractivity contribution is -0.385. The molecule has 1 heterocycles. The Balaban J connectivity index is 2.60. The molecular weight excluding hydrogens is 244 g/mol. The molecule has 0 saturated carbocycles. The average molecular weight is 252 g/mol. The molecule has 88 valence electrons. The Morgan fingerprint density at radius 1 is 1.41 bits per heavy atom. The van der Waals surface area contributed by atoms with Crippen LogP contribution in [0.25, 0.3) is 11.3 Å². The second kappa shape index (κ2) is 4.02. The Morgan fingerprint density at radius 3 is 2.65 bits per heavy atom. The largest absolute Gasteiger partial charge is 0.504 e. The van der Waals surface area contributed by atoms with Crippen LogP contribution in [0.1, 0.15) is 5.01 Å². The van der Waals surface area contributed by atoms with E-state index >= 15 is 0 Å². The SMILES string of the molecule is Cc1nc(-c2cc(O)c(O)c([N+](=O)[O-])c2)cs1. The fourth-order valence-electron chi connectivity index (χ4n) is 1.39. The van der Waals surface area contributed by atoms with Gasteiger partial charge in [0.1, 0.15) is 0 Å². The van der Waals surface area contributed by atoms with Crippen molar-refractivity contribution in [2.24, 2.45) is 0 Å². The highest BCUT2D eigenvalue weighted by atomic mass is 32.1. The maximum Gasteiger partial charge on any atom is 0.315 e. The van der Waals surface area contributed by atoms with Crippen LogP contribution in [0.3, 0.4) is 0 Å². The number of aromatic nitrogens is 1. The molecule has 1 aromatic carbocycles. The van der Waals surface area contributed by atoms with Crippen LogP contribution >= 0.6 is 11.3 Å². The Bertz CT molecular complexity index is 594. The molecule has 2 rings (SSSR count). The molecule has 0 amide bonds. The zero-order chi connectivity index (χ0) is 12.6. The number of thiazole rings is 1. The van der Waals surface area contributed by atoms with E-state index in [2.05, 4.69) is 4.98 Å². The normalized spacial score (nSPS) is 10.4. The smallest absolute Gasteiger partial charge is 0.315 e. The predicted octanol–water partition coefficient (Wildman–Crippen LogP) is 2.44. The number of nitrogens with zero attached hydrogens (tertiary/aromatic N) is 2. The van der Waals surface area contributed by atoms with Crippen molar-refractivity contribution in [2.75, 3.05) is 0 Å². The number of aryl methyl sites for hydroxylation is 1. The minimum Gasteiger partial charge on any atom is -0.504 e. The van der Waals surface area contributed by atoms with Gasteiger partial charge >= 0.3 is 5.69 Å². The van der Waals surface area contributed by atoms with Crippen molar-refractivity contribution >= 4 is 17.0 Å². The number of nitro benzene ring substituents is 1. The zero-order valence-corrected chi connectivity index (χ0v) is 9.56. The minimum absolute atomic E-state index is 0.399. The minimum atomic E-state index is -0.752. The number of hydrogen-bond donors (Lipinski definition) is 2. The first-order valence-electron chi connectivity index (χ1n) is 4.62. The van der Waals surface area contributed by atoms with Gasteiger partial charge in [-0.15, -0.1) is 11.3 Å². The highest BCUT2D eigenvalue weighted by Crippen LogP contribution is 2.39. The summed E-state index contributed by atoms with van der Waals surface area (Å²) in [5.41, 5.74) is 0.396. The van der Waals surface area contributed by atoms with Gasteiger partial charge < -0.3 is 10.2 Å². The molecule has 17 heavy (non-hydrogen) atoms. The molecule has 0 radical (unpaired) electrons. The van der Waals surface area contributed by atoms with E-state index < -0.39 is 22.1 Å². The summed E-state index contributed by atoms with van der Waals surface area (Å²) in [6.07, 6.45) is 0. The molecule has 2 aromatic rings. The zero-order valence-electron chi connectivity index (χ0n) is 8.75. The van der Waals surface area contributed by atoms with Crippen molar-refractivity contribution in [1.82, 2.24) is 4.98 Å². The van der Waals surface area contributed by atoms with Crippen molar-refractivity contribution in [3.8, 4) is 22.8 Å². The predicted molar refractivity (Wildman–Crippen MR) is 62.3 cm³/mol. The second-order valence-electron chi connectivity index (χ2n) is 3.37. The third-order valence-electron chi connectivity index (χ3n) is 2.18. The summed E-state index contributed by atoms with van der Waals surface area (Å²) >= 11 is 1.40. The number of phenolic OH excluding ortho intramolecular Hbond substituents is 2. The van der Waals surface area contributed by atoms with Gasteiger partial charge in [0, 0.05) is 17.0 Å². The first-order valence-corrected chi connectivity index (χ1v) is 5.50. The van der Waals surface area contributed by atoms with Crippen LogP contribution in [0.4, 0.5) is 5.69 Å². The standard InChI is InChI=1S/C10H8N2O4S/c1-5-11-7(4-17-5)6-2-8(12(15)16)10(14)9(13)3-6/h2-4,13-14H,1H3. The molecular formula is C10H8N2O4S. The van der Waals surface area contributed by atoms with Gasteiger partial charge in [-0.3, -0.25) is 10.1 Å². The van der Waals surface area contributed by atoms with Crippen LogP contribution in [-0.2, 0) is 0 Å². The molecule has 0 bridgehead atoms.